The molecule has 1 heterocycles. The van der Waals surface area contributed by atoms with Gasteiger partial charge >= 0.3 is 0 Å². The molecule has 0 radical (unpaired) electrons. The molecule has 0 bridgehead atoms. The Kier molecular flexibility index (Phi) is 2.97. The second kappa shape index (κ2) is 4.41. The Hall–Kier alpha value is -1.22. The molecule has 0 unspecified atom stereocenters. The lowest BCUT2D eigenvalue weighted by atomic mass is 9.93. The molecule has 3 rings (SSSR count). The fourth-order valence-electron chi connectivity index (χ4n) is 3.78. The highest BCUT2D eigenvalue weighted by Crippen LogP contribution is 2.48. The molecule has 1 aliphatic heterocycles. The molecule has 1 aromatic carbocycles. The summed E-state index contributed by atoms with van der Waals surface area (Å²) in [5.41, 5.74) is 2.93. The maximum atomic E-state index is 5.55. The Morgan fingerprint density at radius 1 is 1.16 bits per heavy atom. The summed E-state index contributed by atoms with van der Waals surface area (Å²) < 4.78 is 12.0. The van der Waals surface area contributed by atoms with Crippen LogP contribution < -0.4 is 9.47 Å². The zero-order chi connectivity index (χ0) is 13.6. The van der Waals surface area contributed by atoms with Crippen LogP contribution in [-0.2, 0) is 6.42 Å². The molecule has 3 heteroatoms. The second-order valence-corrected chi connectivity index (χ2v) is 6.72. The van der Waals surface area contributed by atoms with E-state index in [1.54, 1.807) is 0 Å². The summed E-state index contributed by atoms with van der Waals surface area (Å²) in [5, 5.41) is 0. The van der Waals surface area contributed by atoms with Crippen molar-refractivity contribution in [3.8, 4) is 11.5 Å². The minimum Gasteiger partial charge on any atom is -0.454 e. The van der Waals surface area contributed by atoms with Crippen molar-refractivity contribution in [1.82, 2.24) is 0 Å². The van der Waals surface area contributed by atoms with Crippen molar-refractivity contribution in [2.24, 2.45) is 5.92 Å². The van der Waals surface area contributed by atoms with Crippen LogP contribution >= 0.6 is 0 Å². The summed E-state index contributed by atoms with van der Waals surface area (Å²) in [5.74, 6) is 2.59. The van der Waals surface area contributed by atoms with Gasteiger partial charge in [0.05, 0.1) is 21.1 Å². The van der Waals surface area contributed by atoms with Gasteiger partial charge in [-0.15, -0.1) is 0 Å². The van der Waals surface area contributed by atoms with E-state index in [1.165, 1.54) is 30.4 Å². The average molecular weight is 262 g/mol. The summed E-state index contributed by atoms with van der Waals surface area (Å²) in [6.07, 6.45) is 3.73. The number of nitrogens with zero attached hydrogens (tertiary/aromatic N) is 1. The highest BCUT2D eigenvalue weighted by molar-refractivity contribution is 5.51. The second-order valence-electron chi connectivity index (χ2n) is 6.72. The van der Waals surface area contributed by atoms with Crippen LogP contribution in [-0.4, -0.2) is 32.4 Å². The van der Waals surface area contributed by atoms with Crippen molar-refractivity contribution in [3.05, 3.63) is 23.3 Å². The van der Waals surface area contributed by atoms with Crippen LogP contribution in [0.4, 0.5) is 0 Å². The van der Waals surface area contributed by atoms with E-state index in [0.717, 1.165) is 21.9 Å². The van der Waals surface area contributed by atoms with Gasteiger partial charge in [0.1, 0.15) is 6.04 Å². The average Bonchev–Trinajstić information content (AvgIpc) is 2.87. The van der Waals surface area contributed by atoms with Crippen LogP contribution in [0.1, 0.15) is 36.9 Å². The summed E-state index contributed by atoms with van der Waals surface area (Å²) in [6.45, 7) is 2.65. The number of quaternary nitrogens is 1. The van der Waals surface area contributed by atoms with Gasteiger partial charge in [-0.05, 0) is 30.5 Å². The van der Waals surface area contributed by atoms with Crippen LogP contribution in [0.3, 0.4) is 0 Å². The number of fused-ring (bicyclic) bond motifs is 2. The fourth-order valence-corrected chi connectivity index (χ4v) is 3.78. The first-order valence-electron chi connectivity index (χ1n) is 7.24. The lowest BCUT2D eigenvalue weighted by Gasteiger charge is -2.36. The van der Waals surface area contributed by atoms with Gasteiger partial charge in [0.2, 0.25) is 6.79 Å². The molecule has 0 fully saturated rings. The normalized spacial score (nSPS) is 24.6. The summed E-state index contributed by atoms with van der Waals surface area (Å²) in [7, 11) is 6.90. The summed E-state index contributed by atoms with van der Waals surface area (Å²) >= 11 is 0. The third kappa shape index (κ3) is 2.10. The molecule has 0 spiro atoms. The molecule has 3 nitrogen and oxygen atoms in total. The molecule has 104 valence electrons. The SMILES string of the molecule is CCC[C@@H]1Cc2cc3c(cc2[C@@H]1[N+](C)(C)C)OCO3. The van der Waals surface area contributed by atoms with Crippen LogP contribution in [0.15, 0.2) is 12.1 Å². The van der Waals surface area contributed by atoms with E-state index in [4.69, 9.17) is 9.47 Å². The van der Waals surface area contributed by atoms with Gasteiger partial charge in [0.15, 0.2) is 11.5 Å². The van der Waals surface area contributed by atoms with Crippen LogP contribution in [0.25, 0.3) is 0 Å². The summed E-state index contributed by atoms with van der Waals surface area (Å²) in [6, 6.07) is 5.00. The number of benzene rings is 1. The smallest absolute Gasteiger partial charge is 0.231 e. The lowest BCUT2D eigenvalue weighted by molar-refractivity contribution is -0.905. The van der Waals surface area contributed by atoms with Crippen LogP contribution in [0.5, 0.6) is 11.5 Å². The van der Waals surface area contributed by atoms with E-state index >= 15 is 0 Å². The maximum absolute atomic E-state index is 5.55. The first-order chi connectivity index (χ1) is 9.00. The van der Waals surface area contributed by atoms with E-state index in [9.17, 15) is 0 Å². The number of rotatable bonds is 3. The van der Waals surface area contributed by atoms with E-state index in [-0.39, 0.29) is 0 Å². The van der Waals surface area contributed by atoms with Gasteiger partial charge < -0.3 is 14.0 Å². The van der Waals surface area contributed by atoms with E-state index in [1.807, 2.05) is 0 Å². The van der Waals surface area contributed by atoms with Crippen LogP contribution in [0, 0.1) is 5.92 Å². The molecule has 0 N–H and O–H groups in total. The standard InChI is InChI=1S/C16H24NO2/c1-5-6-11-7-12-8-14-15(19-10-18-14)9-13(12)16(11)17(2,3)4/h8-9,11,16H,5-7,10H2,1-4H3/q+1/t11-,16-/m1/s1. The molecule has 2 atom stereocenters. The third-order valence-corrected chi connectivity index (χ3v) is 4.38. The quantitative estimate of drug-likeness (QED) is 0.779. The number of hydrogen-bond acceptors (Lipinski definition) is 2. The molecular weight excluding hydrogens is 238 g/mol. The Balaban J connectivity index is 2.03. The van der Waals surface area contributed by atoms with Gasteiger partial charge in [-0.3, -0.25) is 0 Å². The van der Waals surface area contributed by atoms with Crippen molar-refractivity contribution < 1.29 is 14.0 Å². The Morgan fingerprint density at radius 3 is 2.47 bits per heavy atom. The van der Waals surface area contributed by atoms with Crippen molar-refractivity contribution in [1.29, 1.82) is 0 Å². The highest BCUT2D eigenvalue weighted by Gasteiger charge is 2.41. The van der Waals surface area contributed by atoms with E-state index in [2.05, 4.69) is 40.2 Å². The molecule has 0 saturated heterocycles. The molecule has 0 amide bonds. The Labute approximate surface area is 115 Å². The third-order valence-electron chi connectivity index (χ3n) is 4.38. The molecule has 2 aliphatic rings. The maximum Gasteiger partial charge on any atom is 0.231 e. The van der Waals surface area contributed by atoms with Gasteiger partial charge in [-0.2, -0.15) is 0 Å². The molecule has 0 saturated carbocycles. The molecule has 1 aliphatic carbocycles. The Bertz CT molecular complexity index is 490. The number of ether oxygens (including phenoxy) is 2. The van der Waals surface area contributed by atoms with Crippen molar-refractivity contribution in [2.45, 2.75) is 32.2 Å². The fraction of sp³-hybridized carbons (Fsp3) is 0.625. The Morgan fingerprint density at radius 2 is 1.84 bits per heavy atom. The van der Waals surface area contributed by atoms with E-state index in [0.29, 0.717) is 12.8 Å². The summed E-state index contributed by atoms with van der Waals surface area (Å²) in [4.78, 5) is 0. The predicted molar refractivity (Wildman–Crippen MR) is 75.4 cm³/mol. The predicted octanol–water partition coefficient (Wildman–Crippen LogP) is 3.14. The minimum atomic E-state index is 0.367. The molecule has 1 aromatic rings. The van der Waals surface area contributed by atoms with E-state index < -0.39 is 0 Å². The first-order valence-corrected chi connectivity index (χ1v) is 7.24. The molecule has 0 aromatic heterocycles. The lowest BCUT2D eigenvalue weighted by Crippen LogP contribution is -2.41. The largest absolute Gasteiger partial charge is 0.454 e. The monoisotopic (exact) mass is 262 g/mol. The first kappa shape index (κ1) is 12.8. The zero-order valence-corrected chi connectivity index (χ0v) is 12.4. The van der Waals surface area contributed by atoms with Crippen molar-refractivity contribution in [2.75, 3.05) is 27.9 Å². The number of hydrogen-bond donors (Lipinski definition) is 0. The highest BCUT2D eigenvalue weighted by atomic mass is 16.7. The van der Waals surface area contributed by atoms with Crippen LogP contribution in [0.2, 0.25) is 0 Å². The topological polar surface area (TPSA) is 18.5 Å². The van der Waals surface area contributed by atoms with Gasteiger partial charge in [-0.25, -0.2) is 0 Å². The van der Waals surface area contributed by atoms with Gasteiger partial charge in [-0.1, -0.05) is 13.3 Å². The minimum absolute atomic E-state index is 0.367. The molecule has 19 heavy (non-hydrogen) atoms. The van der Waals surface area contributed by atoms with Crippen molar-refractivity contribution >= 4 is 0 Å². The molecular formula is C16H24NO2+. The van der Waals surface area contributed by atoms with Crippen molar-refractivity contribution in [3.63, 3.8) is 0 Å². The van der Waals surface area contributed by atoms with Gasteiger partial charge in [0, 0.05) is 11.5 Å². The zero-order valence-electron chi connectivity index (χ0n) is 12.4. The van der Waals surface area contributed by atoms with Gasteiger partial charge in [0.25, 0.3) is 0 Å².